The zero-order valence-electron chi connectivity index (χ0n) is 13.4. The van der Waals surface area contributed by atoms with Crippen LogP contribution >= 0.6 is 0 Å². The summed E-state index contributed by atoms with van der Waals surface area (Å²) in [6.07, 6.45) is 4.82. The Morgan fingerprint density at radius 3 is 2.50 bits per heavy atom. The van der Waals surface area contributed by atoms with Crippen molar-refractivity contribution < 1.29 is 14.0 Å². The molecule has 0 bridgehead atoms. The second-order valence-electron chi connectivity index (χ2n) is 5.53. The van der Waals surface area contributed by atoms with Gasteiger partial charge in [0.25, 0.3) is 5.91 Å². The van der Waals surface area contributed by atoms with Gasteiger partial charge in [0, 0.05) is 38.6 Å². The molecule has 126 valence electrons. The van der Waals surface area contributed by atoms with Crippen LogP contribution in [0.2, 0.25) is 0 Å². The van der Waals surface area contributed by atoms with Gasteiger partial charge < -0.3 is 19.5 Å². The van der Waals surface area contributed by atoms with Crippen LogP contribution in [0.1, 0.15) is 17.5 Å². The van der Waals surface area contributed by atoms with Crippen LogP contribution in [-0.4, -0.2) is 58.9 Å². The van der Waals surface area contributed by atoms with Crippen molar-refractivity contribution in [1.82, 2.24) is 20.2 Å². The number of aromatic nitrogens is 2. The van der Waals surface area contributed by atoms with Gasteiger partial charge in [-0.3, -0.25) is 9.59 Å². The molecular weight excluding hydrogens is 310 g/mol. The Labute approximate surface area is 139 Å². The van der Waals surface area contributed by atoms with Gasteiger partial charge in [0.15, 0.2) is 5.76 Å². The molecule has 0 radical (unpaired) electrons. The quantitative estimate of drug-likeness (QED) is 0.880. The molecule has 0 spiro atoms. The van der Waals surface area contributed by atoms with E-state index in [0.717, 1.165) is 0 Å². The smallest absolute Gasteiger partial charge is 0.287 e. The fourth-order valence-corrected chi connectivity index (χ4v) is 2.59. The number of hydrogen-bond donors (Lipinski definition) is 1. The van der Waals surface area contributed by atoms with E-state index in [1.807, 2.05) is 4.90 Å². The predicted octanol–water partition coefficient (Wildman–Crippen LogP) is 0.537. The molecule has 24 heavy (non-hydrogen) atoms. The van der Waals surface area contributed by atoms with Gasteiger partial charge in [0.2, 0.25) is 11.9 Å². The Morgan fingerprint density at radius 2 is 1.88 bits per heavy atom. The van der Waals surface area contributed by atoms with Crippen molar-refractivity contribution in [2.75, 3.05) is 31.1 Å². The van der Waals surface area contributed by atoms with Crippen LogP contribution in [0.5, 0.6) is 0 Å². The van der Waals surface area contributed by atoms with Crippen molar-refractivity contribution in [2.45, 2.75) is 13.0 Å². The van der Waals surface area contributed by atoms with Crippen LogP contribution in [0.4, 0.5) is 5.95 Å². The topological polar surface area (TPSA) is 91.6 Å². The van der Waals surface area contributed by atoms with Gasteiger partial charge in [-0.15, -0.1) is 0 Å². The zero-order valence-corrected chi connectivity index (χ0v) is 13.4. The molecule has 2 aromatic rings. The van der Waals surface area contributed by atoms with E-state index in [-0.39, 0.29) is 11.7 Å². The van der Waals surface area contributed by atoms with E-state index in [1.165, 1.54) is 6.26 Å². The monoisotopic (exact) mass is 329 g/mol. The Bertz CT molecular complexity index is 681. The van der Waals surface area contributed by atoms with Crippen LogP contribution in [0.15, 0.2) is 41.3 Å². The first-order chi connectivity index (χ1) is 11.6. The molecule has 1 N–H and O–H groups in total. The van der Waals surface area contributed by atoms with Crippen LogP contribution in [0, 0.1) is 0 Å². The summed E-state index contributed by atoms with van der Waals surface area (Å²) in [5.74, 6) is 0.366. The van der Waals surface area contributed by atoms with E-state index in [2.05, 4.69) is 15.3 Å². The molecule has 1 aliphatic rings. The van der Waals surface area contributed by atoms with Gasteiger partial charge in [-0.05, 0) is 25.1 Å². The number of nitrogens with one attached hydrogen (secondary N) is 1. The van der Waals surface area contributed by atoms with Crippen molar-refractivity contribution in [3.63, 3.8) is 0 Å². The van der Waals surface area contributed by atoms with Crippen LogP contribution in [-0.2, 0) is 4.79 Å². The minimum absolute atomic E-state index is 0.108. The van der Waals surface area contributed by atoms with E-state index in [4.69, 9.17) is 4.42 Å². The molecular formula is C16H19N5O3. The average Bonchev–Trinajstić information content (AvgIpc) is 3.17. The number of hydrogen-bond acceptors (Lipinski definition) is 6. The number of anilines is 1. The fraction of sp³-hybridized carbons (Fsp3) is 0.375. The van der Waals surface area contributed by atoms with Gasteiger partial charge in [-0.2, -0.15) is 0 Å². The number of piperazine rings is 1. The lowest BCUT2D eigenvalue weighted by Crippen LogP contribution is -2.54. The number of rotatable bonds is 4. The zero-order chi connectivity index (χ0) is 16.9. The Hall–Kier alpha value is -2.90. The lowest BCUT2D eigenvalue weighted by molar-refractivity contribution is -0.133. The summed E-state index contributed by atoms with van der Waals surface area (Å²) in [7, 11) is 0. The molecule has 0 saturated carbocycles. The van der Waals surface area contributed by atoms with Gasteiger partial charge in [-0.1, -0.05) is 0 Å². The van der Waals surface area contributed by atoms with E-state index < -0.39 is 11.9 Å². The molecule has 1 fully saturated rings. The second-order valence-corrected chi connectivity index (χ2v) is 5.53. The Balaban J connectivity index is 1.52. The van der Waals surface area contributed by atoms with Crippen molar-refractivity contribution in [3.05, 3.63) is 42.6 Å². The average molecular weight is 329 g/mol. The summed E-state index contributed by atoms with van der Waals surface area (Å²) in [5, 5.41) is 2.66. The molecule has 8 heteroatoms. The third kappa shape index (κ3) is 3.53. The maximum Gasteiger partial charge on any atom is 0.287 e. The van der Waals surface area contributed by atoms with Crippen molar-refractivity contribution in [3.8, 4) is 0 Å². The van der Waals surface area contributed by atoms with E-state index in [1.54, 1.807) is 42.4 Å². The Kier molecular flexibility index (Phi) is 4.74. The molecule has 3 heterocycles. The van der Waals surface area contributed by atoms with E-state index in [9.17, 15) is 9.59 Å². The molecule has 0 aromatic carbocycles. The normalized spacial score (nSPS) is 15.9. The van der Waals surface area contributed by atoms with Gasteiger partial charge in [0.1, 0.15) is 6.04 Å². The number of carbonyl (C=O) groups excluding carboxylic acids is 2. The number of furan rings is 1. The lowest BCUT2D eigenvalue weighted by atomic mass is 10.2. The number of amides is 2. The van der Waals surface area contributed by atoms with Crippen LogP contribution in [0.25, 0.3) is 0 Å². The predicted molar refractivity (Wildman–Crippen MR) is 86.5 cm³/mol. The van der Waals surface area contributed by atoms with Gasteiger partial charge in [0.05, 0.1) is 6.26 Å². The molecule has 0 aliphatic carbocycles. The Morgan fingerprint density at radius 1 is 1.17 bits per heavy atom. The molecule has 1 unspecified atom stereocenters. The minimum atomic E-state index is -0.609. The molecule has 3 rings (SSSR count). The summed E-state index contributed by atoms with van der Waals surface area (Å²) < 4.78 is 5.03. The standard InChI is InChI=1S/C16H19N5O3/c1-12(19-14(22)13-4-2-11-24-13)15(23)20-7-9-21(10-8-20)16-17-5-3-6-18-16/h2-6,11-12H,7-10H2,1H3,(H,19,22). The molecule has 2 amide bonds. The third-order valence-corrected chi connectivity index (χ3v) is 3.89. The van der Waals surface area contributed by atoms with Crippen molar-refractivity contribution in [2.24, 2.45) is 0 Å². The first-order valence-corrected chi connectivity index (χ1v) is 7.80. The van der Waals surface area contributed by atoms with Crippen molar-refractivity contribution in [1.29, 1.82) is 0 Å². The summed E-state index contributed by atoms with van der Waals surface area (Å²) in [4.78, 5) is 36.6. The number of carbonyl (C=O) groups is 2. The van der Waals surface area contributed by atoms with E-state index in [0.29, 0.717) is 32.1 Å². The molecule has 1 atom stereocenters. The highest BCUT2D eigenvalue weighted by Crippen LogP contribution is 2.10. The third-order valence-electron chi connectivity index (χ3n) is 3.89. The van der Waals surface area contributed by atoms with Gasteiger partial charge in [-0.25, -0.2) is 9.97 Å². The highest BCUT2D eigenvalue weighted by Gasteiger charge is 2.27. The molecule has 1 saturated heterocycles. The molecule has 2 aromatic heterocycles. The first-order valence-electron chi connectivity index (χ1n) is 7.80. The lowest BCUT2D eigenvalue weighted by Gasteiger charge is -2.35. The van der Waals surface area contributed by atoms with Gasteiger partial charge >= 0.3 is 0 Å². The summed E-state index contributed by atoms with van der Waals surface area (Å²) in [6, 6.07) is 4.35. The summed E-state index contributed by atoms with van der Waals surface area (Å²) in [5.41, 5.74) is 0. The highest BCUT2D eigenvalue weighted by molar-refractivity contribution is 5.95. The highest BCUT2D eigenvalue weighted by atomic mass is 16.3. The SMILES string of the molecule is CC(NC(=O)c1ccco1)C(=O)N1CCN(c2ncccn2)CC1. The van der Waals surface area contributed by atoms with Crippen LogP contribution < -0.4 is 10.2 Å². The van der Waals surface area contributed by atoms with Crippen LogP contribution in [0.3, 0.4) is 0 Å². The largest absolute Gasteiger partial charge is 0.459 e. The second kappa shape index (κ2) is 7.12. The molecule has 1 aliphatic heterocycles. The van der Waals surface area contributed by atoms with Crippen molar-refractivity contribution >= 4 is 17.8 Å². The number of nitrogens with zero attached hydrogens (tertiary/aromatic N) is 4. The summed E-state index contributed by atoms with van der Waals surface area (Å²) in [6.45, 7) is 4.13. The maximum absolute atomic E-state index is 12.5. The van der Waals surface area contributed by atoms with E-state index >= 15 is 0 Å². The summed E-state index contributed by atoms with van der Waals surface area (Å²) >= 11 is 0. The first kappa shape index (κ1) is 16.0. The molecule has 8 nitrogen and oxygen atoms in total. The minimum Gasteiger partial charge on any atom is -0.459 e. The maximum atomic E-state index is 12.5. The fourth-order valence-electron chi connectivity index (χ4n) is 2.59.